The molecule has 1 unspecified atom stereocenters. The van der Waals surface area contributed by atoms with E-state index >= 15 is 0 Å². The van der Waals surface area contributed by atoms with Gasteiger partial charge in [0.25, 0.3) is 0 Å². The van der Waals surface area contributed by atoms with E-state index in [0.29, 0.717) is 19.5 Å². The van der Waals surface area contributed by atoms with Crippen molar-refractivity contribution in [3.05, 3.63) is 24.3 Å². The van der Waals surface area contributed by atoms with Crippen molar-refractivity contribution in [2.24, 2.45) is 5.92 Å². The number of anilines is 1. The van der Waals surface area contributed by atoms with Gasteiger partial charge in [0, 0.05) is 25.2 Å². The molecule has 1 amide bonds. The number of rotatable bonds is 6. The van der Waals surface area contributed by atoms with Gasteiger partial charge in [-0.3, -0.25) is 4.79 Å². The molecule has 1 aromatic carbocycles. The highest BCUT2D eigenvalue weighted by atomic mass is 32.2. The maximum Gasteiger partial charge on any atom is 0.227 e. The Morgan fingerprint density at radius 3 is 2.57 bits per heavy atom. The fraction of sp³-hybridized carbons (Fsp3) is 0.500. The van der Waals surface area contributed by atoms with Crippen LogP contribution in [0.25, 0.3) is 0 Å². The lowest BCUT2D eigenvalue weighted by atomic mass is 10.1. The third kappa shape index (κ3) is 3.95. The van der Waals surface area contributed by atoms with E-state index in [2.05, 4.69) is 4.72 Å². The number of benzene rings is 1. The van der Waals surface area contributed by atoms with Gasteiger partial charge in [-0.05, 0) is 37.1 Å². The fourth-order valence-electron chi connectivity index (χ4n) is 2.28. The van der Waals surface area contributed by atoms with Gasteiger partial charge < -0.3 is 9.64 Å². The molecule has 0 bridgehead atoms. The highest BCUT2D eigenvalue weighted by Gasteiger charge is 2.31. The molecule has 0 aliphatic carbocycles. The van der Waals surface area contributed by atoms with Gasteiger partial charge in [-0.1, -0.05) is 0 Å². The van der Waals surface area contributed by atoms with Crippen LogP contribution in [0, 0.1) is 5.92 Å². The Bertz CT molecular complexity index is 598. The molecule has 0 aromatic heterocycles. The Morgan fingerprint density at radius 1 is 1.33 bits per heavy atom. The first-order chi connectivity index (χ1) is 9.95. The lowest BCUT2D eigenvalue weighted by Crippen LogP contribution is -2.32. The molecule has 1 heterocycles. The average Bonchev–Trinajstić information content (AvgIpc) is 2.86. The van der Waals surface area contributed by atoms with Crippen molar-refractivity contribution in [2.45, 2.75) is 13.3 Å². The summed E-state index contributed by atoms with van der Waals surface area (Å²) in [7, 11) is -1.62. The van der Waals surface area contributed by atoms with Crippen molar-refractivity contribution < 1.29 is 17.9 Å². The number of carbonyl (C=O) groups is 1. The highest BCUT2D eigenvalue weighted by Crippen LogP contribution is 2.26. The summed E-state index contributed by atoms with van der Waals surface area (Å²) < 4.78 is 30.5. The molecule has 7 heteroatoms. The van der Waals surface area contributed by atoms with Crippen molar-refractivity contribution >= 4 is 21.6 Å². The van der Waals surface area contributed by atoms with Crippen molar-refractivity contribution in [3.8, 4) is 5.75 Å². The van der Waals surface area contributed by atoms with E-state index in [4.69, 9.17) is 4.74 Å². The van der Waals surface area contributed by atoms with E-state index in [1.165, 1.54) is 0 Å². The average molecular weight is 312 g/mol. The maximum absolute atomic E-state index is 12.1. The molecule has 0 spiro atoms. The van der Waals surface area contributed by atoms with Crippen LogP contribution in [0.2, 0.25) is 0 Å². The van der Waals surface area contributed by atoms with Crippen molar-refractivity contribution in [1.82, 2.24) is 4.72 Å². The molecule has 116 valence electrons. The van der Waals surface area contributed by atoms with Crippen LogP contribution in [0.5, 0.6) is 5.75 Å². The number of nitrogens with one attached hydrogen (secondary N) is 1. The van der Waals surface area contributed by atoms with Crippen LogP contribution in [0.1, 0.15) is 13.3 Å². The molecule has 0 saturated carbocycles. The Hall–Kier alpha value is -1.60. The van der Waals surface area contributed by atoms with Crippen LogP contribution in [-0.4, -0.2) is 40.3 Å². The fourth-order valence-corrected chi connectivity index (χ4v) is 2.97. The van der Waals surface area contributed by atoms with Crippen LogP contribution < -0.4 is 14.4 Å². The second-order valence-electron chi connectivity index (χ2n) is 5.02. The first-order valence-electron chi connectivity index (χ1n) is 6.87. The van der Waals surface area contributed by atoms with Crippen molar-refractivity contribution in [1.29, 1.82) is 0 Å². The summed E-state index contributed by atoms with van der Waals surface area (Å²) in [4.78, 5) is 13.7. The van der Waals surface area contributed by atoms with E-state index in [0.717, 1.165) is 11.4 Å². The second kappa shape index (κ2) is 6.44. The number of sulfonamides is 1. The number of ether oxygens (including phenoxy) is 1. The molecule has 1 aliphatic heterocycles. The summed E-state index contributed by atoms with van der Waals surface area (Å²) in [5, 5.41) is 0. The number of amides is 1. The van der Waals surface area contributed by atoms with E-state index < -0.39 is 10.0 Å². The minimum atomic E-state index is -3.21. The molecule has 1 aromatic rings. The Kier molecular flexibility index (Phi) is 4.84. The molecule has 0 radical (unpaired) electrons. The van der Waals surface area contributed by atoms with E-state index in [9.17, 15) is 13.2 Å². The molecule has 6 nitrogen and oxygen atoms in total. The summed E-state index contributed by atoms with van der Waals surface area (Å²) in [5.41, 5.74) is 0.807. The maximum atomic E-state index is 12.1. The van der Waals surface area contributed by atoms with E-state index in [1.54, 1.807) is 31.1 Å². The predicted molar refractivity (Wildman–Crippen MR) is 80.9 cm³/mol. The van der Waals surface area contributed by atoms with Gasteiger partial charge >= 0.3 is 0 Å². The van der Waals surface area contributed by atoms with E-state index in [-0.39, 0.29) is 17.6 Å². The number of hydrogen-bond acceptors (Lipinski definition) is 4. The number of methoxy groups -OCH3 is 1. The van der Waals surface area contributed by atoms with Gasteiger partial charge in [0.1, 0.15) is 5.75 Å². The van der Waals surface area contributed by atoms with Gasteiger partial charge in [0.15, 0.2) is 0 Å². The van der Waals surface area contributed by atoms with Crippen LogP contribution in [0.3, 0.4) is 0 Å². The molecule has 2 rings (SSSR count). The zero-order chi connectivity index (χ0) is 15.5. The van der Waals surface area contributed by atoms with E-state index in [1.807, 2.05) is 12.1 Å². The van der Waals surface area contributed by atoms with Crippen LogP contribution in [0.4, 0.5) is 5.69 Å². The van der Waals surface area contributed by atoms with Crippen molar-refractivity contribution in [3.63, 3.8) is 0 Å². The summed E-state index contributed by atoms with van der Waals surface area (Å²) in [6.45, 7) is 2.41. The second-order valence-corrected chi connectivity index (χ2v) is 7.12. The first kappa shape index (κ1) is 15.8. The van der Waals surface area contributed by atoms with Gasteiger partial charge in [-0.25, -0.2) is 13.1 Å². The van der Waals surface area contributed by atoms with Gasteiger partial charge in [0.05, 0.1) is 12.9 Å². The standard InChI is InChI=1S/C14H20N2O4S/c1-3-21(18,19)15-9-11-8-14(17)16(10-11)12-4-6-13(20-2)7-5-12/h4-7,11,15H,3,8-10H2,1-2H3. The number of hydrogen-bond donors (Lipinski definition) is 1. The number of nitrogens with zero attached hydrogens (tertiary/aromatic N) is 1. The van der Waals surface area contributed by atoms with Crippen LogP contribution in [-0.2, 0) is 14.8 Å². The molecular formula is C14H20N2O4S. The smallest absolute Gasteiger partial charge is 0.227 e. The topological polar surface area (TPSA) is 75.7 Å². The lowest BCUT2D eigenvalue weighted by Gasteiger charge is -2.17. The Labute approximate surface area is 125 Å². The van der Waals surface area contributed by atoms with Gasteiger partial charge in [0.2, 0.25) is 15.9 Å². The van der Waals surface area contributed by atoms with Crippen LogP contribution in [0.15, 0.2) is 24.3 Å². The van der Waals surface area contributed by atoms with Gasteiger partial charge in [-0.2, -0.15) is 0 Å². The van der Waals surface area contributed by atoms with Crippen molar-refractivity contribution in [2.75, 3.05) is 30.9 Å². The quantitative estimate of drug-likeness (QED) is 0.850. The normalized spacial score (nSPS) is 19.0. The monoisotopic (exact) mass is 312 g/mol. The van der Waals surface area contributed by atoms with Crippen LogP contribution >= 0.6 is 0 Å². The summed E-state index contributed by atoms with van der Waals surface area (Å²) in [6, 6.07) is 7.26. The highest BCUT2D eigenvalue weighted by molar-refractivity contribution is 7.89. The third-order valence-electron chi connectivity index (χ3n) is 3.56. The first-order valence-corrected chi connectivity index (χ1v) is 8.52. The SMILES string of the molecule is CCS(=O)(=O)NCC1CC(=O)N(c2ccc(OC)cc2)C1. The minimum Gasteiger partial charge on any atom is -0.497 e. The third-order valence-corrected chi connectivity index (χ3v) is 4.93. The molecule has 1 fully saturated rings. The molecule has 21 heavy (non-hydrogen) atoms. The molecule has 1 aliphatic rings. The summed E-state index contributed by atoms with van der Waals surface area (Å²) in [5.74, 6) is 0.801. The molecule has 1 saturated heterocycles. The zero-order valence-corrected chi connectivity index (χ0v) is 13.0. The Morgan fingerprint density at radius 2 is 2.00 bits per heavy atom. The molecule has 1 atom stereocenters. The van der Waals surface area contributed by atoms with Gasteiger partial charge in [-0.15, -0.1) is 0 Å². The minimum absolute atomic E-state index is 0.000858. The zero-order valence-electron chi connectivity index (χ0n) is 12.2. The summed E-state index contributed by atoms with van der Waals surface area (Å²) >= 11 is 0. The predicted octanol–water partition coefficient (Wildman–Crippen LogP) is 0.987. The number of carbonyl (C=O) groups excluding carboxylic acids is 1. The Balaban J connectivity index is 1.99. The molecular weight excluding hydrogens is 292 g/mol. The molecule has 1 N–H and O–H groups in total. The largest absolute Gasteiger partial charge is 0.497 e. The summed E-state index contributed by atoms with van der Waals surface area (Å²) in [6.07, 6.45) is 0.359. The lowest BCUT2D eigenvalue weighted by molar-refractivity contribution is -0.117.